The van der Waals surface area contributed by atoms with E-state index >= 15 is 0 Å². The Kier molecular flexibility index (Phi) is 5.79. The lowest BCUT2D eigenvalue weighted by Gasteiger charge is -2.35. The van der Waals surface area contributed by atoms with E-state index < -0.39 is 6.04 Å². The second-order valence-electron chi connectivity index (χ2n) is 9.12. The average Bonchev–Trinajstić information content (AvgIpc) is 3.44. The summed E-state index contributed by atoms with van der Waals surface area (Å²) in [5, 5.41) is 23.6. The Morgan fingerprint density at radius 3 is 2.78 bits per heavy atom. The van der Waals surface area contributed by atoms with Crippen LogP contribution in [0.15, 0.2) is 23.0 Å². The molecule has 3 aromatic rings. The van der Waals surface area contributed by atoms with E-state index in [1.807, 2.05) is 13.0 Å². The van der Waals surface area contributed by atoms with Crippen LogP contribution in [0.4, 0.5) is 0 Å². The first-order valence-electron chi connectivity index (χ1n) is 11.4. The zero-order valence-electron chi connectivity index (χ0n) is 18.6. The minimum Gasteiger partial charge on any atom is -0.393 e. The van der Waals surface area contributed by atoms with Crippen molar-refractivity contribution in [1.82, 2.24) is 30.1 Å². The molecule has 5 rings (SSSR count). The number of rotatable bonds is 5. The molecule has 0 unspecified atom stereocenters. The molecule has 2 aliphatic rings. The molecule has 0 saturated carbocycles. The fourth-order valence-corrected chi connectivity index (χ4v) is 5.07. The van der Waals surface area contributed by atoms with Crippen LogP contribution in [0.3, 0.4) is 0 Å². The average molecular weight is 439 g/mol. The van der Waals surface area contributed by atoms with Crippen molar-refractivity contribution in [2.24, 2.45) is 0 Å². The zero-order chi connectivity index (χ0) is 22.2. The number of hydrogen-bond donors (Lipinski definition) is 2. The van der Waals surface area contributed by atoms with Crippen LogP contribution < -0.4 is 5.56 Å². The molecular formula is C23H30N6O3. The first kappa shape index (κ1) is 21.2. The molecule has 9 nitrogen and oxygen atoms in total. The Bertz CT molecular complexity index is 1160. The molecule has 2 aromatic heterocycles. The number of aliphatic hydroxyl groups is 1. The van der Waals surface area contributed by atoms with Crippen LogP contribution in [0, 0.1) is 13.8 Å². The number of benzene rings is 1. The molecule has 2 aliphatic heterocycles. The van der Waals surface area contributed by atoms with Crippen LogP contribution in [0.1, 0.15) is 54.2 Å². The van der Waals surface area contributed by atoms with Crippen molar-refractivity contribution in [2.75, 3.05) is 19.7 Å². The number of likely N-dealkylation sites (tertiary alicyclic amines) is 1. The molecule has 32 heavy (non-hydrogen) atoms. The van der Waals surface area contributed by atoms with E-state index in [1.54, 1.807) is 4.68 Å². The maximum atomic E-state index is 13.3. The highest BCUT2D eigenvalue weighted by Gasteiger charge is 2.33. The first-order chi connectivity index (χ1) is 15.5. The largest absolute Gasteiger partial charge is 0.393 e. The SMILES string of the molecule is Cc1cc(C)c2[nH]c(=O)c([C@@H](c3nnnn3C[C@@H]3CCCO3)N3CCC(O)CC3)cc2c1. The number of H-pyrrole nitrogens is 1. The highest BCUT2D eigenvalue weighted by molar-refractivity contribution is 5.83. The van der Waals surface area contributed by atoms with E-state index in [2.05, 4.69) is 44.5 Å². The number of aliphatic hydroxyl groups excluding tert-OH is 1. The van der Waals surface area contributed by atoms with Crippen molar-refractivity contribution >= 4 is 10.9 Å². The van der Waals surface area contributed by atoms with Crippen LogP contribution in [0.2, 0.25) is 0 Å². The molecule has 2 atom stereocenters. The predicted octanol–water partition coefficient (Wildman–Crippen LogP) is 1.86. The molecule has 2 saturated heterocycles. The molecule has 170 valence electrons. The third kappa shape index (κ3) is 4.07. The molecule has 1 aromatic carbocycles. The van der Waals surface area contributed by atoms with Crippen molar-refractivity contribution in [2.45, 2.75) is 64.3 Å². The van der Waals surface area contributed by atoms with Crippen molar-refractivity contribution in [1.29, 1.82) is 0 Å². The summed E-state index contributed by atoms with van der Waals surface area (Å²) in [6, 6.07) is 5.75. The number of hydrogen-bond acceptors (Lipinski definition) is 7. The van der Waals surface area contributed by atoms with Gasteiger partial charge in [0.05, 0.1) is 24.3 Å². The van der Waals surface area contributed by atoms with E-state index in [0.29, 0.717) is 43.9 Å². The van der Waals surface area contributed by atoms with Crippen LogP contribution in [0.5, 0.6) is 0 Å². The first-order valence-corrected chi connectivity index (χ1v) is 11.4. The van der Waals surface area contributed by atoms with Gasteiger partial charge in [-0.3, -0.25) is 9.69 Å². The second kappa shape index (κ2) is 8.73. The third-order valence-electron chi connectivity index (χ3n) is 6.69. The van der Waals surface area contributed by atoms with E-state index in [0.717, 1.165) is 41.5 Å². The van der Waals surface area contributed by atoms with Crippen molar-refractivity contribution in [3.05, 3.63) is 51.1 Å². The predicted molar refractivity (Wildman–Crippen MR) is 119 cm³/mol. The molecule has 0 bridgehead atoms. The van der Waals surface area contributed by atoms with Crippen LogP contribution in [0.25, 0.3) is 10.9 Å². The third-order valence-corrected chi connectivity index (χ3v) is 6.69. The molecule has 2 fully saturated rings. The molecular weight excluding hydrogens is 408 g/mol. The van der Waals surface area contributed by atoms with Gasteiger partial charge in [0.2, 0.25) is 0 Å². The molecule has 0 spiro atoms. The van der Waals surface area contributed by atoms with E-state index in [4.69, 9.17) is 4.74 Å². The van der Waals surface area contributed by atoms with Gasteiger partial charge >= 0.3 is 0 Å². The lowest BCUT2D eigenvalue weighted by molar-refractivity contribution is 0.0632. The summed E-state index contributed by atoms with van der Waals surface area (Å²) >= 11 is 0. The number of pyridine rings is 1. The van der Waals surface area contributed by atoms with E-state index in [-0.39, 0.29) is 17.8 Å². The highest BCUT2D eigenvalue weighted by atomic mass is 16.5. The summed E-state index contributed by atoms with van der Waals surface area (Å²) in [5.41, 5.74) is 3.55. The van der Waals surface area contributed by atoms with Gasteiger partial charge < -0.3 is 14.8 Å². The van der Waals surface area contributed by atoms with Crippen molar-refractivity contribution in [3.8, 4) is 0 Å². The van der Waals surface area contributed by atoms with Crippen molar-refractivity contribution in [3.63, 3.8) is 0 Å². The molecule has 0 aliphatic carbocycles. The highest BCUT2D eigenvalue weighted by Crippen LogP contribution is 2.30. The Balaban J connectivity index is 1.61. The summed E-state index contributed by atoms with van der Waals surface area (Å²) in [6.07, 6.45) is 3.12. The summed E-state index contributed by atoms with van der Waals surface area (Å²) in [4.78, 5) is 18.6. The molecule has 4 heterocycles. The van der Waals surface area contributed by atoms with Gasteiger partial charge in [-0.2, -0.15) is 0 Å². The minimum atomic E-state index is -0.395. The maximum Gasteiger partial charge on any atom is 0.253 e. The number of tetrazole rings is 1. The monoisotopic (exact) mass is 438 g/mol. The fourth-order valence-electron chi connectivity index (χ4n) is 5.07. The van der Waals surface area contributed by atoms with Gasteiger partial charge in [0.15, 0.2) is 5.82 Å². The number of nitrogens with one attached hydrogen (secondary N) is 1. The maximum absolute atomic E-state index is 13.3. The second-order valence-corrected chi connectivity index (χ2v) is 9.12. The number of aromatic nitrogens is 5. The van der Waals surface area contributed by atoms with E-state index in [9.17, 15) is 9.90 Å². The normalized spacial score (nSPS) is 21.4. The van der Waals surface area contributed by atoms with Crippen LogP contribution in [-0.4, -0.2) is 67.1 Å². The fraction of sp³-hybridized carbons (Fsp3) is 0.565. The number of ether oxygens (including phenoxy) is 1. The van der Waals surface area contributed by atoms with Gasteiger partial charge in [0.25, 0.3) is 5.56 Å². The molecule has 9 heteroatoms. The number of piperidine rings is 1. The Labute approximate surface area is 186 Å². The van der Waals surface area contributed by atoms with Gasteiger partial charge in [-0.25, -0.2) is 4.68 Å². The Hall–Kier alpha value is -2.62. The van der Waals surface area contributed by atoms with Gasteiger partial charge in [-0.05, 0) is 73.0 Å². The smallest absolute Gasteiger partial charge is 0.253 e. The van der Waals surface area contributed by atoms with Gasteiger partial charge in [0, 0.05) is 25.3 Å². The topological polar surface area (TPSA) is 109 Å². The van der Waals surface area contributed by atoms with Gasteiger partial charge in [0.1, 0.15) is 6.04 Å². The molecule has 0 amide bonds. The summed E-state index contributed by atoms with van der Waals surface area (Å²) in [7, 11) is 0. The summed E-state index contributed by atoms with van der Waals surface area (Å²) < 4.78 is 7.59. The van der Waals surface area contributed by atoms with Crippen LogP contribution >= 0.6 is 0 Å². The number of aromatic amines is 1. The minimum absolute atomic E-state index is 0.0845. The van der Waals surface area contributed by atoms with Crippen LogP contribution in [-0.2, 0) is 11.3 Å². The number of nitrogens with zero attached hydrogens (tertiary/aromatic N) is 5. The lowest BCUT2D eigenvalue weighted by Crippen LogP contribution is -2.42. The Morgan fingerprint density at radius 2 is 2.03 bits per heavy atom. The van der Waals surface area contributed by atoms with Gasteiger partial charge in [-0.15, -0.1) is 5.10 Å². The summed E-state index contributed by atoms with van der Waals surface area (Å²) in [6.45, 7) is 6.74. The number of fused-ring (bicyclic) bond motifs is 1. The quantitative estimate of drug-likeness (QED) is 0.626. The Morgan fingerprint density at radius 1 is 1.22 bits per heavy atom. The van der Waals surface area contributed by atoms with Gasteiger partial charge in [-0.1, -0.05) is 11.6 Å². The summed E-state index contributed by atoms with van der Waals surface area (Å²) in [5.74, 6) is 0.645. The lowest BCUT2D eigenvalue weighted by atomic mass is 9.98. The molecule has 0 radical (unpaired) electrons. The van der Waals surface area contributed by atoms with Crippen molar-refractivity contribution < 1.29 is 9.84 Å². The van der Waals surface area contributed by atoms with E-state index in [1.165, 1.54) is 0 Å². The standard InChI is InChI=1S/C23H30N6O3/c1-14-10-15(2)20-16(11-14)12-19(23(31)24-20)21(28-7-5-17(30)6-8-28)22-25-26-27-29(22)13-18-4-3-9-32-18/h10-12,17-18,21,30H,3-9,13H2,1-2H3,(H,24,31)/t18-,21-/m0/s1. The number of aryl methyl sites for hydroxylation is 2. The molecule has 2 N–H and O–H groups in total. The zero-order valence-corrected chi connectivity index (χ0v) is 18.6.